The Morgan fingerprint density at radius 3 is 2.56 bits per heavy atom. The van der Waals surface area contributed by atoms with Gasteiger partial charge in [0, 0.05) is 0 Å². The van der Waals surface area contributed by atoms with E-state index in [4.69, 9.17) is 0 Å². The maximum atomic E-state index is 13.6. The fraction of sp³-hybridized carbons (Fsp3) is 0.500. The van der Waals surface area contributed by atoms with Gasteiger partial charge in [-0.15, -0.1) is 0 Å². The van der Waals surface area contributed by atoms with Crippen LogP contribution < -0.4 is 0 Å². The zero-order valence-corrected chi connectivity index (χ0v) is 10.3. The van der Waals surface area contributed by atoms with Gasteiger partial charge < -0.3 is 10.2 Å². The van der Waals surface area contributed by atoms with E-state index in [1.165, 1.54) is 6.07 Å². The van der Waals surface area contributed by atoms with Gasteiger partial charge in [-0.1, -0.05) is 12.1 Å². The van der Waals surface area contributed by atoms with Gasteiger partial charge >= 0.3 is 5.97 Å². The molecule has 3 nitrogen and oxygen atoms in total. The van der Waals surface area contributed by atoms with Crippen molar-refractivity contribution in [3.63, 3.8) is 0 Å². The van der Waals surface area contributed by atoms with E-state index in [0.29, 0.717) is 36.8 Å². The van der Waals surface area contributed by atoms with E-state index in [-0.39, 0.29) is 5.82 Å². The molecule has 1 aliphatic carbocycles. The summed E-state index contributed by atoms with van der Waals surface area (Å²) in [4.78, 5) is 11.6. The van der Waals surface area contributed by atoms with Gasteiger partial charge in [0.05, 0.1) is 11.5 Å². The third kappa shape index (κ3) is 2.01. The Hall–Kier alpha value is -1.42. The third-order valence-corrected chi connectivity index (χ3v) is 4.00. The average Bonchev–Trinajstić information content (AvgIpc) is 2.34. The first-order valence-corrected chi connectivity index (χ1v) is 6.14. The quantitative estimate of drug-likeness (QED) is 0.849. The molecule has 0 bridgehead atoms. The number of carboxylic acids is 1. The monoisotopic (exact) mass is 252 g/mol. The maximum Gasteiger partial charge on any atom is 0.314 e. The number of hydrogen-bond acceptors (Lipinski definition) is 2. The zero-order chi connectivity index (χ0) is 13.3. The van der Waals surface area contributed by atoms with Crippen molar-refractivity contribution in [3.05, 3.63) is 35.1 Å². The van der Waals surface area contributed by atoms with Gasteiger partial charge in [-0.2, -0.15) is 0 Å². The summed E-state index contributed by atoms with van der Waals surface area (Å²) >= 11 is 0. The topological polar surface area (TPSA) is 57.5 Å². The fourth-order valence-corrected chi connectivity index (χ4v) is 2.82. The van der Waals surface area contributed by atoms with Gasteiger partial charge in [0.2, 0.25) is 0 Å². The van der Waals surface area contributed by atoms with Crippen LogP contribution in [0.4, 0.5) is 4.39 Å². The Balaban J connectivity index is 2.48. The maximum absolute atomic E-state index is 13.6. The number of rotatable bonds is 2. The third-order valence-electron chi connectivity index (χ3n) is 4.00. The van der Waals surface area contributed by atoms with Crippen molar-refractivity contribution in [2.45, 2.75) is 44.1 Å². The minimum absolute atomic E-state index is 0.355. The molecule has 2 N–H and O–H groups in total. The molecular formula is C14H17FO3. The van der Waals surface area contributed by atoms with Crippen molar-refractivity contribution in [3.8, 4) is 0 Å². The van der Waals surface area contributed by atoms with Crippen LogP contribution in [0.3, 0.4) is 0 Å². The molecule has 0 heterocycles. The number of aliphatic hydroxyl groups is 1. The highest BCUT2D eigenvalue weighted by atomic mass is 19.1. The number of aliphatic carboxylic acids is 1. The van der Waals surface area contributed by atoms with Crippen LogP contribution in [0.1, 0.15) is 36.8 Å². The van der Waals surface area contributed by atoms with E-state index < -0.39 is 17.5 Å². The normalized spacial score (nSPS) is 28.1. The molecule has 18 heavy (non-hydrogen) atoms. The van der Waals surface area contributed by atoms with Crippen molar-refractivity contribution in [1.82, 2.24) is 0 Å². The standard InChI is InChI=1S/C14H17FO3/c1-9-11(3-2-4-12(9)15)14(13(17)18)7-5-10(16)6-8-14/h2-4,10,16H,5-8H2,1H3,(H,17,18). The summed E-state index contributed by atoms with van der Waals surface area (Å²) in [5, 5.41) is 19.1. The molecule has 2 rings (SSSR count). The first-order valence-electron chi connectivity index (χ1n) is 6.14. The molecular weight excluding hydrogens is 235 g/mol. The fourth-order valence-electron chi connectivity index (χ4n) is 2.82. The van der Waals surface area contributed by atoms with Crippen LogP contribution in [0.25, 0.3) is 0 Å². The Morgan fingerprint density at radius 1 is 1.39 bits per heavy atom. The Bertz CT molecular complexity index is 462. The van der Waals surface area contributed by atoms with E-state index in [2.05, 4.69) is 0 Å². The number of benzene rings is 1. The molecule has 1 saturated carbocycles. The minimum atomic E-state index is -1.05. The van der Waals surface area contributed by atoms with Gasteiger partial charge in [-0.25, -0.2) is 4.39 Å². The number of hydrogen-bond donors (Lipinski definition) is 2. The average molecular weight is 252 g/mol. The van der Waals surface area contributed by atoms with E-state index in [1.54, 1.807) is 19.1 Å². The van der Waals surface area contributed by atoms with Crippen LogP contribution in [-0.4, -0.2) is 22.3 Å². The van der Waals surface area contributed by atoms with Crippen LogP contribution in [0.5, 0.6) is 0 Å². The van der Waals surface area contributed by atoms with Gasteiger partial charge in [0.1, 0.15) is 5.82 Å². The highest BCUT2D eigenvalue weighted by Crippen LogP contribution is 2.41. The van der Waals surface area contributed by atoms with Crippen molar-refractivity contribution < 1.29 is 19.4 Å². The first-order chi connectivity index (χ1) is 8.47. The Labute approximate surface area is 105 Å². The second-order valence-electron chi connectivity index (χ2n) is 5.03. The van der Waals surface area contributed by atoms with E-state index in [9.17, 15) is 19.4 Å². The number of carbonyl (C=O) groups is 1. The van der Waals surface area contributed by atoms with E-state index >= 15 is 0 Å². The lowest BCUT2D eigenvalue weighted by Crippen LogP contribution is -2.41. The molecule has 1 aromatic carbocycles. The summed E-state index contributed by atoms with van der Waals surface area (Å²) in [7, 11) is 0. The number of carboxylic acid groups (broad SMARTS) is 1. The second-order valence-corrected chi connectivity index (χ2v) is 5.03. The molecule has 0 aliphatic heterocycles. The Kier molecular flexibility index (Phi) is 3.39. The van der Waals surface area contributed by atoms with Crippen molar-refractivity contribution in [2.24, 2.45) is 0 Å². The molecule has 0 unspecified atom stereocenters. The highest BCUT2D eigenvalue weighted by Gasteiger charge is 2.44. The van der Waals surface area contributed by atoms with Crippen LogP contribution in [0, 0.1) is 12.7 Å². The van der Waals surface area contributed by atoms with Crippen molar-refractivity contribution >= 4 is 5.97 Å². The molecule has 0 saturated heterocycles. The Morgan fingerprint density at radius 2 is 2.00 bits per heavy atom. The predicted molar refractivity (Wildman–Crippen MR) is 64.9 cm³/mol. The van der Waals surface area contributed by atoms with E-state index in [0.717, 1.165) is 0 Å². The van der Waals surface area contributed by atoms with Gasteiger partial charge in [-0.05, 0) is 49.8 Å². The molecule has 4 heteroatoms. The molecule has 98 valence electrons. The predicted octanol–water partition coefficient (Wildman–Crippen LogP) is 2.39. The molecule has 1 aliphatic rings. The lowest BCUT2D eigenvalue weighted by Gasteiger charge is -2.36. The smallest absolute Gasteiger partial charge is 0.314 e. The first kappa shape index (κ1) is 13.0. The molecule has 1 fully saturated rings. The molecule has 0 atom stereocenters. The summed E-state index contributed by atoms with van der Waals surface area (Å²) in [5.41, 5.74) is -0.107. The lowest BCUT2D eigenvalue weighted by atomic mass is 9.67. The highest BCUT2D eigenvalue weighted by molar-refractivity contribution is 5.82. The largest absolute Gasteiger partial charge is 0.481 e. The molecule has 0 spiro atoms. The molecule has 0 aromatic heterocycles. The zero-order valence-electron chi connectivity index (χ0n) is 10.3. The van der Waals surface area contributed by atoms with Crippen molar-refractivity contribution in [2.75, 3.05) is 0 Å². The number of aliphatic hydroxyl groups excluding tert-OH is 1. The van der Waals surface area contributed by atoms with Crippen LogP contribution in [0.2, 0.25) is 0 Å². The van der Waals surface area contributed by atoms with Crippen LogP contribution in [0.15, 0.2) is 18.2 Å². The van der Waals surface area contributed by atoms with Crippen LogP contribution >= 0.6 is 0 Å². The number of halogens is 1. The van der Waals surface area contributed by atoms with Crippen molar-refractivity contribution in [1.29, 1.82) is 0 Å². The second kappa shape index (κ2) is 4.69. The van der Waals surface area contributed by atoms with Gasteiger partial charge in [0.25, 0.3) is 0 Å². The summed E-state index contributed by atoms with van der Waals surface area (Å²) in [6.45, 7) is 1.61. The van der Waals surface area contributed by atoms with Gasteiger partial charge in [-0.3, -0.25) is 4.79 Å². The van der Waals surface area contributed by atoms with E-state index in [1.807, 2.05) is 0 Å². The van der Waals surface area contributed by atoms with Gasteiger partial charge in [0.15, 0.2) is 0 Å². The molecule has 0 amide bonds. The lowest BCUT2D eigenvalue weighted by molar-refractivity contribution is -0.146. The molecule has 0 radical (unpaired) electrons. The summed E-state index contributed by atoms with van der Waals surface area (Å²) in [5.74, 6) is -1.30. The molecule has 1 aromatic rings. The summed E-state index contributed by atoms with van der Waals surface area (Å²) < 4.78 is 13.6. The van der Waals surface area contributed by atoms with Crippen LogP contribution in [-0.2, 0) is 10.2 Å². The SMILES string of the molecule is Cc1c(F)cccc1C1(C(=O)O)CCC(O)CC1. The minimum Gasteiger partial charge on any atom is -0.481 e. The summed E-state index contributed by atoms with van der Waals surface area (Å²) in [6.07, 6.45) is 1.16. The summed E-state index contributed by atoms with van der Waals surface area (Å²) in [6, 6.07) is 4.57.